The molecule has 3 rings (SSSR count). The summed E-state index contributed by atoms with van der Waals surface area (Å²) in [6.07, 6.45) is 21.5. The van der Waals surface area contributed by atoms with Crippen molar-refractivity contribution in [2.45, 2.75) is 132 Å². The van der Waals surface area contributed by atoms with E-state index >= 15 is 0 Å². The summed E-state index contributed by atoms with van der Waals surface area (Å²) in [6.45, 7) is 41.6. The van der Waals surface area contributed by atoms with Gasteiger partial charge in [0.15, 0.2) is 5.78 Å². The van der Waals surface area contributed by atoms with Crippen LogP contribution in [0.2, 0.25) is 0 Å². The molecule has 6 atom stereocenters. The monoisotopic (exact) mass is 701 g/mol. The van der Waals surface area contributed by atoms with Gasteiger partial charge in [0.25, 0.3) is 0 Å². The van der Waals surface area contributed by atoms with Crippen molar-refractivity contribution in [1.29, 1.82) is 0 Å². The van der Waals surface area contributed by atoms with Gasteiger partial charge in [0.2, 0.25) is 0 Å². The Bertz CT molecular complexity index is 1330. The number of ketones is 1. The zero-order valence-electron chi connectivity index (χ0n) is 34.7. The van der Waals surface area contributed by atoms with E-state index in [2.05, 4.69) is 134 Å². The molecule has 0 aromatic carbocycles. The molecule has 0 amide bonds. The maximum Gasteiger partial charge on any atom is 0.152 e. The third-order valence-electron chi connectivity index (χ3n) is 12.2. The lowest BCUT2D eigenvalue weighted by molar-refractivity contribution is -0.112. The molecule has 0 heterocycles. The molecule has 286 valence electrons. The fraction of sp³-hybridized carbons (Fsp3) is 0.652. The van der Waals surface area contributed by atoms with Crippen LogP contribution < -0.4 is 16.0 Å². The molecule has 3 aliphatic rings. The van der Waals surface area contributed by atoms with Crippen molar-refractivity contribution >= 4 is 5.78 Å². The predicted octanol–water partition coefficient (Wildman–Crippen LogP) is 10.6. The summed E-state index contributed by atoms with van der Waals surface area (Å²) in [7, 11) is 2.23. The second-order valence-electron chi connectivity index (χ2n) is 17.7. The highest BCUT2D eigenvalue weighted by Gasteiger charge is 2.60. The Kier molecular flexibility index (Phi) is 16.9. The van der Waals surface area contributed by atoms with Crippen LogP contribution in [0.15, 0.2) is 91.3 Å². The fourth-order valence-electron chi connectivity index (χ4n) is 8.23. The summed E-state index contributed by atoms with van der Waals surface area (Å²) in [4.78, 5) is 12.1. The Labute approximate surface area is 314 Å². The van der Waals surface area contributed by atoms with Gasteiger partial charge in [-0.05, 0) is 96.8 Å². The number of carbonyl (C=O) groups is 1. The van der Waals surface area contributed by atoms with Gasteiger partial charge in [-0.2, -0.15) is 0 Å². The summed E-state index contributed by atoms with van der Waals surface area (Å²) in [5.74, 6) is 3.83. The molecule has 5 heteroatoms. The molecule has 0 spiro atoms. The van der Waals surface area contributed by atoms with E-state index in [4.69, 9.17) is 6.58 Å². The van der Waals surface area contributed by atoms with Gasteiger partial charge >= 0.3 is 0 Å². The van der Waals surface area contributed by atoms with E-state index in [9.17, 15) is 4.79 Å². The van der Waals surface area contributed by atoms with Crippen LogP contribution >= 0.6 is 0 Å². The number of likely N-dealkylation sites (N-methyl/N-ethyl adjacent to an activating group) is 1. The number of hydrogen-bond acceptors (Lipinski definition) is 5. The molecular formula is C46H76N4O. The second-order valence-corrected chi connectivity index (χ2v) is 17.7. The summed E-state index contributed by atoms with van der Waals surface area (Å²) in [6, 6.07) is 0.0621. The summed E-state index contributed by atoms with van der Waals surface area (Å²) >= 11 is 0. The van der Waals surface area contributed by atoms with Gasteiger partial charge in [-0.25, -0.2) is 0 Å². The Balaban J connectivity index is 0.00000168. The Morgan fingerprint density at radius 2 is 1.73 bits per heavy atom. The van der Waals surface area contributed by atoms with Crippen LogP contribution in [0.5, 0.6) is 0 Å². The van der Waals surface area contributed by atoms with Crippen molar-refractivity contribution < 1.29 is 4.79 Å². The highest BCUT2D eigenvalue weighted by Crippen LogP contribution is 2.63. The number of rotatable bonds is 19. The molecule has 3 aliphatic carbocycles. The molecule has 0 radical (unpaired) electrons. The zero-order valence-corrected chi connectivity index (χ0v) is 34.7. The van der Waals surface area contributed by atoms with E-state index in [1.807, 2.05) is 12.2 Å². The van der Waals surface area contributed by atoms with Gasteiger partial charge in [0.05, 0.1) is 11.9 Å². The van der Waals surface area contributed by atoms with Crippen LogP contribution in [0.25, 0.3) is 0 Å². The van der Waals surface area contributed by atoms with E-state index < -0.39 is 0 Å². The SMILES string of the molecule is C=C(NC(C(=C)N(C)C[C@H]1[C@@H](C(C)C(=C)NCCC(C)CC)C1(C)C)C(C)(C)C)NC1(C(C)CC2=CC=C=CC=C2)CCCCC1.C=CC(C)=O. The first-order valence-corrected chi connectivity index (χ1v) is 19.8. The second kappa shape index (κ2) is 19.6. The molecular weight excluding hydrogens is 625 g/mol. The number of allylic oxidation sites excluding steroid dienone is 7. The molecule has 0 aromatic rings. The molecule has 0 aromatic heterocycles. The van der Waals surface area contributed by atoms with Gasteiger partial charge in [0.1, 0.15) is 0 Å². The van der Waals surface area contributed by atoms with Crippen LogP contribution in [-0.4, -0.2) is 42.4 Å². The van der Waals surface area contributed by atoms with Gasteiger partial charge < -0.3 is 20.9 Å². The number of carbonyl (C=O) groups excluding carboxylic acids is 1. The van der Waals surface area contributed by atoms with Crippen molar-refractivity contribution in [2.24, 2.45) is 40.4 Å². The first-order chi connectivity index (χ1) is 23.8. The first-order valence-electron chi connectivity index (χ1n) is 19.8. The van der Waals surface area contributed by atoms with Crippen LogP contribution in [0.1, 0.15) is 121 Å². The quantitative estimate of drug-likeness (QED) is 0.0925. The number of nitrogens with zero attached hydrogens (tertiary/aromatic N) is 1. The van der Waals surface area contributed by atoms with Gasteiger partial charge in [0, 0.05) is 37.1 Å². The fourth-order valence-corrected chi connectivity index (χ4v) is 8.23. The van der Waals surface area contributed by atoms with E-state index in [-0.39, 0.29) is 28.2 Å². The van der Waals surface area contributed by atoms with Crippen LogP contribution in [-0.2, 0) is 4.79 Å². The van der Waals surface area contributed by atoms with Gasteiger partial charge in [-0.1, -0.05) is 133 Å². The standard InChI is InChI=1S/C42H70N4.C4H6O/c1-14-30(2)24-27-43-33(5)32(4)38-37(41(38,11)12)29-46(13)34(6)39(40(8,9)10)44-35(7)45-42(25-20-17-21-26-42)31(3)28-36-22-18-15-16-19-23-36;1-3-4(2)5/h15,18-19,22-23,30-32,37-39,43-45H,5-7,14,17,20-21,24-29H2,1-4,8-13H3;3H,1H2,2H3/t30?,31?,32?,37-,38+,39?;/m0./s1. The van der Waals surface area contributed by atoms with Crippen LogP contribution in [0.4, 0.5) is 0 Å². The molecule has 2 fully saturated rings. The Hall–Kier alpha value is -3.17. The smallest absolute Gasteiger partial charge is 0.152 e. The van der Waals surface area contributed by atoms with Crippen molar-refractivity contribution in [1.82, 2.24) is 20.9 Å². The topological polar surface area (TPSA) is 56.4 Å². The Morgan fingerprint density at radius 1 is 1.10 bits per heavy atom. The maximum absolute atomic E-state index is 9.69. The first kappa shape index (κ1) is 44.0. The third-order valence-corrected chi connectivity index (χ3v) is 12.2. The van der Waals surface area contributed by atoms with E-state index in [0.717, 1.165) is 36.9 Å². The normalized spacial score (nSPS) is 22.4. The van der Waals surface area contributed by atoms with Crippen molar-refractivity contribution in [2.75, 3.05) is 20.1 Å². The van der Waals surface area contributed by atoms with E-state index in [0.29, 0.717) is 23.7 Å². The minimum atomic E-state index is -0.0316. The van der Waals surface area contributed by atoms with E-state index in [1.54, 1.807) is 0 Å². The predicted molar refractivity (Wildman–Crippen MR) is 222 cm³/mol. The Morgan fingerprint density at radius 3 is 2.29 bits per heavy atom. The van der Waals surface area contributed by atoms with Gasteiger partial charge in [-0.3, -0.25) is 4.79 Å². The molecule has 4 unspecified atom stereocenters. The minimum absolute atomic E-state index is 0.0185. The number of nitrogens with one attached hydrogen (secondary N) is 3. The molecule has 2 saturated carbocycles. The largest absolute Gasteiger partial charge is 0.389 e. The average molecular weight is 701 g/mol. The van der Waals surface area contributed by atoms with Crippen LogP contribution in [0.3, 0.4) is 0 Å². The van der Waals surface area contributed by atoms with Crippen molar-refractivity contribution in [3.05, 3.63) is 91.3 Å². The summed E-state index contributed by atoms with van der Waals surface area (Å²) in [5.41, 5.74) is 7.18. The molecule has 5 nitrogen and oxygen atoms in total. The molecule has 3 N–H and O–H groups in total. The summed E-state index contributed by atoms with van der Waals surface area (Å²) < 4.78 is 0. The molecule has 0 aliphatic heterocycles. The molecule has 0 bridgehead atoms. The molecule has 0 saturated heterocycles. The van der Waals surface area contributed by atoms with E-state index in [1.165, 1.54) is 69.2 Å². The highest BCUT2D eigenvalue weighted by molar-refractivity contribution is 5.86. The lowest BCUT2D eigenvalue weighted by Gasteiger charge is -2.46. The lowest BCUT2D eigenvalue weighted by atomic mass is 9.71. The minimum Gasteiger partial charge on any atom is -0.389 e. The van der Waals surface area contributed by atoms with Gasteiger partial charge in [-0.15, -0.1) is 5.73 Å². The third kappa shape index (κ3) is 13.1. The highest BCUT2D eigenvalue weighted by atomic mass is 16.1. The average Bonchev–Trinajstić information content (AvgIpc) is 3.71. The summed E-state index contributed by atoms with van der Waals surface area (Å²) in [5, 5.41) is 11.5. The zero-order chi connectivity index (χ0) is 38.6. The lowest BCUT2D eigenvalue weighted by Crippen LogP contribution is -2.56. The molecule has 51 heavy (non-hydrogen) atoms. The van der Waals surface area contributed by atoms with Crippen LogP contribution in [0, 0.1) is 40.4 Å². The van der Waals surface area contributed by atoms with Crippen molar-refractivity contribution in [3.8, 4) is 0 Å². The van der Waals surface area contributed by atoms with Crippen molar-refractivity contribution in [3.63, 3.8) is 0 Å². The maximum atomic E-state index is 9.69. The number of hydrogen-bond donors (Lipinski definition) is 3.